The molecule has 0 spiro atoms. The molecule has 1 aliphatic rings. The summed E-state index contributed by atoms with van der Waals surface area (Å²) in [5.74, 6) is -1.01. The summed E-state index contributed by atoms with van der Waals surface area (Å²) in [5.41, 5.74) is 0. The first-order chi connectivity index (χ1) is 9.29. The minimum absolute atomic E-state index is 0.0493. The van der Waals surface area contributed by atoms with Gasteiger partial charge in [0, 0.05) is 6.04 Å². The molecule has 1 fully saturated rings. The van der Waals surface area contributed by atoms with Gasteiger partial charge in [-0.25, -0.2) is 4.79 Å². The largest absolute Gasteiger partial charge is 0.480 e. The number of carbonyl (C=O) groups is 2. The number of ether oxygens (including phenoxy) is 1. The number of amides is 1. The van der Waals surface area contributed by atoms with Gasteiger partial charge < -0.3 is 20.3 Å². The minimum atomic E-state index is -1.06. The summed E-state index contributed by atoms with van der Waals surface area (Å²) < 4.78 is 4.55. The van der Waals surface area contributed by atoms with Crippen LogP contribution in [0, 0.1) is 5.92 Å². The minimum Gasteiger partial charge on any atom is -0.480 e. The number of alkyl carbamates (subject to hydrolysis) is 1. The van der Waals surface area contributed by atoms with Crippen LogP contribution in [0.3, 0.4) is 0 Å². The van der Waals surface area contributed by atoms with Gasteiger partial charge in [0.2, 0.25) is 0 Å². The second-order valence-electron chi connectivity index (χ2n) is 5.55. The molecule has 0 aliphatic carbocycles. The molecule has 7 nitrogen and oxygen atoms in total. The summed E-state index contributed by atoms with van der Waals surface area (Å²) in [5, 5.41) is 22.3. The quantitative estimate of drug-likeness (QED) is 0.686. The van der Waals surface area contributed by atoms with Gasteiger partial charge in [-0.2, -0.15) is 0 Å². The standard InChI is InChI=1S/C13H24N2O5/c1-7(2)10(14-13(19)20-4)11(16)15-8(3)5-6-9(15)12(17)18/h7-11,16H,5-6H2,1-4H3,(H,14,19)(H,17,18)/t8-,9-,10-,11?/m0/s1. The zero-order valence-electron chi connectivity index (χ0n) is 12.4. The van der Waals surface area contributed by atoms with Crippen LogP contribution in [-0.4, -0.2) is 58.6 Å². The van der Waals surface area contributed by atoms with Crippen LogP contribution in [0.4, 0.5) is 4.79 Å². The number of aliphatic hydroxyl groups is 1. The molecule has 0 aromatic rings. The van der Waals surface area contributed by atoms with E-state index in [1.54, 1.807) is 4.90 Å². The molecular weight excluding hydrogens is 264 g/mol. The first kappa shape index (κ1) is 16.7. The molecule has 3 N–H and O–H groups in total. The lowest BCUT2D eigenvalue weighted by Gasteiger charge is -2.37. The fourth-order valence-electron chi connectivity index (χ4n) is 2.67. The number of carbonyl (C=O) groups excluding carboxylic acids is 1. The highest BCUT2D eigenvalue weighted by Crippen LogP contribution is 2.28. The number of hydrogen-bond acceptors (Lipinski definition) is 5. The molecule has 0 radical (unpaired) electrons. The Hall–Kier alpha value is -1.34. The zero-order chi connectivity index (χ0) is 15.4. The summed E-state index contributed by atoms with van der Waals surface area (Å²) in [7, 11) is 1.25. The molecule has 7 heteroatoms. The molecule has 1 rings (SSSR count). The Morgan fingerprint density at radius 3 is 2.40 bits per heavy atom. The molecule has 1 saturated heterocycles. The number of hydrogen-bond donors (Lipinski definition) is 3. The van der Waals surface area contributed by atoms with Gasteiger partial charge in [-0.15, -0.1) is 0 Å². The lowest BCUT2D eigenvalue weighted by Crippen LogP contribution is -2.58. The molecule has 1 heterocycles. The van der Waals surface area contributed by atoms with Crippen LogP contribution < -0.4 is 5.32 Å². The van der Waals surface area contributed by atoms with E-state index in [1.165, 1.54) is 7.11 Å². The van der Waals surface area contributed by atoms with Crippen molar-refractivity contribution in [2.75, 3.05) is 7.11 Å². The third-order valence-corrected chi connectivity index (χ3v) is 3.83. The fourth-order valence-corrected chi connectivity index (χ4v) is 2.67. The third-order valence-electron chi connectivity index (χ3n) is 3.83. The maximum absolute atomic E-state index is 11.4. The molecule has 4 atom stereocenters. The number of nitrogens with one attached hydrogen (secondary N) is 1. The Morgan fingerprint density at radius 1 is 1.35 bits per heavy atom. The molecule has 0 aromatic carbocycles. The topological polar surface area (TPSA) is 99.1 Å². The Morgan fingerprint density at radius 2 is 1.95 bits per heavy atom. The van der Waals surface area contributed by atoms with E-state index >= 15 is 0 Å². The van der Waals surface area contributed by atoms with E-state index in [4.69, 9.17) is 0 Å². The lowest BCUT2D eigenvalue weighted by atomic mass is 10.0. The number of carboxylic acids is 1. The van der Waals surface area contributed by atoms with Crippen molar-refractivity contribution >= 4 is 12.1 Å². The van der Waals surface area contributed by atoms with Crippen molar-refractivity contribution in [2.45, 2.75) is 58.0 Å². The first-order valence-corrected chi connectivity index (χ1v) is 6.82. The summed E-state index contributed by atoms with van der Waals surface area (Å²) in [6.07, 6.45) is -0.498. The van der Waals surface area contributed by atoms with Gasteiger partial charge >= 0.3 is 12.1 Å². The number of methoxy groups -OCH3 is 1. The number of nitrogens with zero attached hydrogens (tertiary/aromatic N) is 1. The van der Waals surface area contributed by atoms with E-state index in [-0.39, 0.29) is 12.0 Å². The van der Waals surface area contributed by atoms with E-state index in [0.29, 0.717) is 12.8 Å². The van der Waals surface area contributed by atoms with Crippen molar-refractivity contribution in [2.24, 2.45) is 5.92 Å². The second kappa shape index (κ2) is 6.90. The molecule has 1 amide bonds. The monoisotopic (exact) mass is 288 g/mol. The van der Waals surface area contributed by atoms with Crippen molar-refractivity contribution in [1.29, 1.82) is 0 Å². The smallest absolute Gasteiger partial charge is 0.407 e. The predicted octanol–water partition coefficient (Wildman–Crippen LogP) is 0.623. The van der Waals surface area contributed by atoms with Crippen LogP contribution >= 0.6 is 0 Å². The number of carboxylic acid groups (broad SMARTS) is 1. The summed E-state index contributed by atoms with van der Waals surface area (Å²) in [6, 6.07) is -1.36. The van der Waals surface area contributed by atoms with Crippen molar-refractivity contribution < 1.29 is 24.5 Å². The fraction of sp³-hybridized carbons (Fsp3) is 0.846. The molecule has 116 valence electrons. The Kier molecular flexibility index (Phi) is 5.76. The number of aliphatic carboxylic acids is 1. The Labute approximate surface area is 118 Å². The normalized spacial score (nSPS) is 26.3. The van der Waals surface area contributed by atoms with E-state index in [9.17, 15) is 19.8 Å². The van der Waals surface area contributed by atoms with Gasteiger partial charge in [0.25, 0.3) is 0 Å². The molecule has 20 heavy (non-hydrogen) atoms. The van der Waals surface area contributed by atoms with Crippen molar-refractivity contribution in [3.05, 3.63) is 0 Å². The zero-order valence-corrected chi connectivity index (χ0v) is 12.4. The number of rotatable bonds is 5. The van der Waals surface area contributed by atoms with Crippen LogP contribution in [0.5, 0.6) is 0 Å². The van der Waals surface area contributed by atoms with Gasteiger partial charge in [-0.3, -0.25) is 9.69 Å². The van der Waals surface area contributed by atoms with Crippen LogP contribution in [-0.2, 0) is 9.53 Å². The van der Waals surface area contributed by atoms with Crippen molar-refractivity contribution in [3.63, 3.8) is 0 Å². The van der Waals surface area contributed by atoms with Gasteiger partial charge in [-0.1, -0.05) is 13.8 Å². The van der Waals surface area contributed by atoms with E-state index in [1.807, 2.05) is 20.8 Å². The summed E-state index contributed by atoms with van der Waals surface area (Å²) >= 11 is 0. The van der Waals surface area contributed by atoms with Crippen LogP contribution in [0.2, 0.25) is 0 Å². The molecular formula is C13H24N2O5. The highest BCUT2D eigenvalue weighted by atomic mass is 16.5. The molecule has 1 unspecified atom stereocenters. The van der Waals surface area contributed by atoms with Crippen LogP contribution in [0.25, 0.3) is 0 Å². The third kappa shape index (κ3) is 3.61. The summed E-state index contributed by atoms with van der Waals surface area (Å²) in [6.45, 7) is 5.57. The molecule has 1 aliphatic heterocycles. The van der Waals surface area contributed by atoms with Gasteiger partial charge in [0.1, 0.15) is 12.3 Å². The predicted molar refractivity (Wildman–Crippen MR) is 72.1 cm³/mol. The number of aliphatic hydroxyl groups excluding tert-OH is 1. The SMILES string of the molecule is COC(=O)N[C@@H](C(C)C)C(O)N1[C@@H](C)CC[C@H]1C(=O)O. The van der Waals surface area contributed by atoms with Gasteiger partial charge in [0.15, 0.2) is 0 Å². The van der Waals surface area contributed by atoms with Crippen molar-refractivity contribution in [1.82, 2.24) is 10.2 Å². The van der Waals surface area contributed by atoms with E-state index < -0.39 is 30.4 Å². The molecule has 0 saturated carbocycles. The highest BCUT2D eigenvalue weighted by molar-refractivity contribution is 5.74. The summed E-state index contributed by atoms with van der Waals surface area (Å²) in [4.78, 5) is 24.2. The van der Waals surface area contributed by atoms with Crippen LogP contribution in [0.15, 0.2) is 0 Å². The Bertz CT molecular complexity index is 361. The Balaban J connectivity index is 2.89. The van der Waals surface area contributed by atoms with Gasteiger partial charge in [-0.05, 0) is 25.7 Å². The maximum atomic E-state index is 11.4. The van der Waals surface area contributed by atoms with Gasteiger partial charge in [0.05, 0.1) is 13.2 Å². The van der Waals surface area contributed by atoms with E-state index in [2.05, 4.69) is 10.1 Å². The first-order valence-electron chi connectivity index (χ1n) is 6.82. The average molecular weight is 288 g/mol. The van der Waals surface area contributed by atoms with Crippen LogP contribution in [0.1, 0.15) is 33.6 Å². The average Bonchev–Trinajstić information content (AvgIpc) is 2.76. The number of likely N-dealkylation sites (tertiary alicyclic amines) is 1. The van der Waals surface area contributed by atoms with Crippen molar-refractivity contribution in [3.8, 4) is 0 Å². The van der Waals surface area contributed by atoms with E-state index in [0.717, 1.165) is 0 Å². The maximum Gasteiger partial charge on any atom is 0.407 e. The highest BCUT2D eigenvalue weighted by Gasteiger charge is 2.43. The molecule has 0 aromatic heterocycles. The second-order valence-corrected chi connectivity index (χ2v) is 5.55. The lowest BCUT2D eigenvalue weighted by molar-refractivity contribution is -0.149. The molecule has 0 bridgehead atoms.